The molecular weight excluding hydrogens is 386 g/mol. The van der Waals surface area contributed by atoms with Crippen molar-refractivity contribution in [2.75, 3.05) is 6.67 Å². The van der Waals surface area contributed by atoms with Gasteiger partial charge in [0.1, 0.15) is 5.82 Å². The van der Waals surface area contributed by atoms with Crippen LogP contribution in [0.5, 0.6) is 0 Å². The Morgan fingerprint density at radius 3 is 1.97 bits per heavy atom. The largest absolute Gasteiger partial charge is 0.251 e. The lowest BCUT2D eigenvalue weighted by Crippen LogP contribution is -2.14. The van der Waals surface area contributed by atoms with E-state index in [2.05, 4.69) is 37.3 Å². The zero-order valence-electron chi connectivity index (χ0n) is 19.1. The first-order chi connectivity index (χ1) is 15.2. The Morgan fingerprint density at radius 2 is 1.35 bits per heavy atom. The maximum Gasteiger partial charge on any atom is 0.127 e. The Morgan fingerprint density at radius 1 is 0.742 bits per heavy atom. The molecule has 0 aliphatic heterocycles. The van der Waals surface area contributed by atoms with Crippen LogP contribution in [0.15, 0.2) is 42.5 Å². The molecule has 0 atom stereocenters. The van der Waals surface area contributed by atoms with E-state index in [0.29, 0.717) is 24.2 Å². The van der Waals surface area contributed by atoms with Gasteiger partial charge in [-0.1, -0.05) is 49.7 Å². The maximum absolute atomic E-state index is 15.0. The molecule has 31 heavy (non-hydrogen) atoms. The summed E-state index contributed by atoms with van der Waals surface area (Å²) in [7, 11) is 0. The second kappa shape index (κ2) is 10.7. The number of halogens is 2. The second-order valence-electron chi connectivity index (χ2n) is 10.0. The molecule has 0 aromatic heterocycles. The van der Waals surface area contributed by atoms with Crippen molar-refractivity contribution in [3.63, 3.8) is 0 Å². The molecule has 0 heterocycles. The third-order valence-corrected chi connectivity index (χ3v) is 8.17. The molecule has 2 saturated carbocycles. The summed E-state index contributed by atoms with van der Waals surface area (Å²) in [5, 5.41) is 0. The summed E-state index contributed by atoms with van der Waals surface area (Å²) in [4.78, 5) is 0. The smallest absolute Gasteiger partial charge is 0.127 e. The lowest BCUT2D eigenvalue weighted by Gasteiger charge is -2.29. The fourth-order valence-electron chi connectivity index (χ4n) is 6.02. The van der Waals surface area contributed by atoms with Crippen LogP contribution in [-0.4, -0.2) is 6.67 Å². The van der Waals surface area contributed by atoms with Crippen LogP contribution >= 0.6 is 0 Å². The molecule has 2 aromatic rings. The quantitative estimate of drug-likeness (QED) is 0.415. The van der Waals surface area contributed by atoms with Gasteiger partial charge in [0.25, 0.3) is 0 Å². The minimum Gasteiger partial charge on any atom is -0.251 e. The Labute approximate surface area is 187 Å². The van der Waals surface area contributed by atoms with Crippen LogP contribution in [0.3, 0.4) is 0 Å². The van der Waals surface area contributed by atoms with Crippen LogP contribution in [0, 0.1) is 17.7 Å². The average molecular weight is 425 g/mol. The minimum absolute atomic E-state index is 0.0633. The van der Waals surface area contributed by atoms with Crippen molar-refractivity contribution in [2.45, 2.75) is 89.4 Å². The van der Waals surface area contributed by atoms with Gasteiger partial charge in [0, 0.05) is 0 Å². The summed E-state index contributed by atoms with van der Waals surface area (Å²) in [5.74, 6) is 2.49. The van der Waals surface area contributed by atoms with Crippen LogP contribution in [0.4, 0.5) is 8.78 Å². The summed E-state index contributed by atoms with van der Waals surface area (Å²) >= 11 is 0. The number of alkyl halides is 1. The fraction of sp³-hybridized carbons (Fsp3) is 0.586. The SMILES string of the molecule is CC[C@H]1CC[C@H](c2ccc(-c3ccc([C@H]4CC[C@H](CCCF)CC4)c(F)c3)cc2)CC1. The molecule has 0 N–H and O–H groups in total. The molecular formula is C29H38F2. The molecule has 2 fully saturated rings. The van der Waals surface area contributed by atoms with Gasteiger partial charge in [-0.3, -0.25) is 4.39 Å². The molecule has 2 aliphatic carbocycles. The zero-order valence-corrected chi connectivity index (χ0v) is 19.1. The molecule has 0 unspecified atom stereocenters. The summed E-state index contributed by atoms with van der Waals surface area (Å²) in [6.45, 7) is 2.10. The van der Waals surface area contributed by atoms with Gasteiger partial charge in [-0.15, -0.1) is 0 Å². The van der Waals surface area contributed by atoms with Crippen molar-refractivity contribution in [1.82, 2.24) is 0 Å². The van der Waals surface area contributed by atoms with Gasteiger partial charge in [0.2, 0.25) is 0 Å². The standard InChI is InChI=1S/C29H38F2/c1-2-21-5-9-23(10-6-21)24-13-15-25(16-14-24)27-17-18-28(29(31)20-27)26-11-7-22(8-12-26)4-3-19-30/h13-18,20-23,26H,2-12,19H2,1H3/t21-,22-,23-,26-. The van der Waals surface area contributed by atoms with E-state index in [1.165, 1.54) is 37.7 Å². The van der Waals surface area contributed by atoms with Crippen LogP contribution in [0.1, 0.15) is 101 Å². The summed E-state index contributed by atoms with van der Waals surface area (Å²) < 4.78 is 27.4. The van der Waals surface area contributed by atoms with E-state index in [1.807, 2.05) is 6.07 Å². The maximum atomic E-state index is 15.0. The van der Waals surface area contributed by atoms with Gasteiger partial charge in [0.05, 0.1) is 6.67 Å². The van der Waals surface area contributed by atoms with Gasteiger partial charge in [-0.2, -0.15) is 0 Å². The first-order valence-corrected chi connectivity index (χ1v) is 12.6. The fourth-order valence-corrected chi connectivity index (χ4v) is 6.02. The van der Waals surface area contributed by atoms with Gasteiger partial charge in [-0.05, 0) is 116 Å². The molecule has 0 amide bonds. The van der Waals surface area contributed by atoms with Gasteiger partial charge in [-0.25, -0.2) is 4.39 Å². The Kier molecular flexibility index (Phi) is 7.80. The highest BCUT2D eigenvalue weighted by Gasteiger charge is 2.24. The topological polar surface area (TPSA) is 0 Å². The molecule has 2 heteroatoms. The summed E-state index contributed by atoms with van der Waals surface area (Å²) in [6, 6.07) is 14.7. The molecule has 2 aromatic carbocycles. The van der Waals surface area contributed by atoms with E-state index >= 15 is 4.39 Å². The highest BCUT2D eigenvalue weighted by Crippen LogP contribution is 2.40. The van der Waals surface area contributed by atoms with E-state index in [1.54, 1.807) is 6.07 Å². The van der Waals surface area contributed by atoms with E-state index in [4.69, 9.17) is 0 Å². The molecule has 4 rings (SSSR count). The summed E-state index contributed by atoms with van der Waals surface area (Å²) in [5.41, 5.74) is 4.39. The Balaban J connectivity index is 1.38. The predicted octanol–water partition coefficient (Wildman–Crippen LogP) is 9.20. The average Bonchev–Trinajstić information content (AvgIpc) is 2.83. The molecule has 0 radical (unpaired) electrons. The van der Waals surface area contributed by atoms with Gasteiger partial charge >= 0.3 is 0 Å². The van der Waals surface area contributed by atoms with Crippen molar-refractivity contribution in [3.05, 3.63) is 59.4 Å². The van der Waals surface area contributed by atoms with Gasteiger partial charge in [0.15, 0.2) is 0 Å². The van der Waals surface area contributed by atoms with Crippen molar-refractivity contribution < 1.29 is 8.78 Å². The lowest BCUT2D eigenvalue weighted by atomic mass is 9.77. The van der Waals surface area contributed by atoms with E-state index in [0.717, 1.165) is 54.7 Å². The normalized spacial score (nSPS) is 26.7. The van der Waals surface area contributed by atoms with E-state index in [9.17, 15) is 4.39 Å². The van der Waals surface area contributed by atoms with E-state index < -0.39 is 0 Å². The molecule has 0 bridgehead atoms. The van der Waals surface area contributed by atoms with Crippen LogP contribution in [0.25, 0.3) is 11.1 Å². The lowest BCUT2D eigenvalue weighted by molar-refractivity contribution is 0.290. The highest BCUT2D eigenvalue weighted by atomic mass is 19.1. The van der Waals surface area contributed by atoms with Crippen LogP contribution in [0.2, 0.25) is 0 Å². The molecule has 0 spiro atoms. The predicted molar refractivity (Wildman–Crippen MR) is 127 cm³/mol. The van der Waals surface area contributed by atoms with Crippen molar-refractivity contribution >= 4 is 0 Å². The first-order valence-electron chi connectivity index (χ1n) is 12.6. The van der Waals surface area contributed by atoms with Crippen LogP contribution < -0.4 is 0 Å². The highest BCUT2D eigenvalue weighted by molar-refractivity contribution is 5.64. The number of hydrogen-bond acceptors (Lipinski definition) is 0. The number of rotatable bonds is 7. The Bertz CT molecular complexity index is 809. The minimum atomic E-state index is -0.211. The summed E-state index contributed by atoms with van der Waals surface area (Å²) in [6.07, 6.45) is 12.6. The number of benzene rings is 2. The first kappa shape index (κ1) is 22.5. The van der Waals surface area contributed by atoms with Crippen molar-refractivity contribution in [1.29, 1.82) is 0 Å². The third kappa shape index (κ3) is 5.57. The Hall–Kier alpha value is -1.70. The monoisotopic (exact) mass is 424 g/mol. The van der Waals surface area contributed by atoms with Crippen LogP contribution in [-0.2, 0) is 0 Å². The van der Waals surface area contributed by atoms with Crippen molar-refractivity contribution in [3.8, 4) is 11.1 Å². The molecule has 168 valence electrons. The molecule has 2 aliphatic rings. The zero-order chi connectivity index (χ0) is 21.6. The molecule has 0 saturated heterocycles. The van der Waals surface area contributed by atoms with Crippen molar-refractivity contribution in [2.24, 2.45) is 11.8 Å². The third-order valence-electron chi connectivity index (χ3n) is 8.17. The van der Waals surface area contributed by atoms with E-state index in [-0.39, 0.29) is 12.5 Å². The van der Waals surface area contributed by atoms with Gasteiger partial charge < -0.3 is 0 Å². The second-order valence-corrected chi connectivity index (χ2v) is 10.0. The molecule has 0 nitrogen and oxygen atoms in total. The number of hydrogen-bond donors (Lipinski definition) is 0.